The Balaban J connectivity index is 2.23. The Bertz CT molecular complexity index is 345. The first-order valence-electron chi connectivity index (χ1n) is 4.65. The molecule has 74 valence electrons. The molecule has 2 rings (SSSR count). The number of hydrogen-bond donors (Lipinski definition) is 1. The van der Waals surface area contributed by atoms with Crippen molar-refractivity contribution in [2.24, 2.45) is 5.92 Å². The van der Waals surface area contributed by atoms with Crippen LogP contribution in [0.3, 0.4) is 0 Å². The van der Waals surface area contributed by atoms with Crippen LogP contribution in [0.4, 0.5) is 0 Å². The van der Waals surface area contributed by atoms with E-state index in [0.29, 0.717) is 6.42 Å². The number of cyclic esters (lactones) is 1. The van der Waals surface area contributed by atoms with Gasteiger partial charge in [0, 0.05) is 10.8 Å². The molecule has 1 aliphatic rings. The summed E-state index contributed by atoms with van der Waals surface area (Å²) in [5.41, 5.74) is 1.06. The fourth-order valence-corrected chi connectivity index (χ4v) is 1.89. The summed E-state index contributed by atoms with van der Waals surface area (Å²) >= 11 is 4.21. The maximum atomic E-state index is 11.1. The summed E-state index contributed by atoms with van der Waals surface area (Å²) < 4.78 is 5.24. The van der Waals surface area contributed by atoms with Gasteiger partial charge in [-0.3, -0.25) is 4.79 Å². The molecule has 0 radical (unpaired) electrons. The van der Waals surface area contributed by atoms with Gasteiger partial charge >= 0.3 is 5.97 Å². The van der Waals surface area contributed by atoms with Crippen LogP contribution in [-0.4, -0.2) is 5.97 Å². The van der Waals surface area contributed by atoms with E-state index >= 15 is 0 Å². The average molecular weight is 208 g/mol. The van der Waals surface area contributed by atoms with Crippen LogP contribution in [0.2, 0.25) is 0 Å². The molecule has 0 bridgehead atoms. The molecule has 2 nitrogen and oxygen atoms in total. The van der Waals surface area contributed by atoms with Gasteiger partial charge < -0.3 is 4.74 Å². The van der Waals surface area contributed by atoms with Crippen LogP contribution >= 0.6 is 12.6 Å². The highest BCUT2D eigenvalue weighted by molar-refractivity contribution is 7.80. The normalized spacial score (nSPS) is 26.3. The van der Waals surface area contributed by atoms with Crippen LogP contribution in [-0.2, 0) is 9.53 Å². The van der Waals surface area contributed by atoms with Gasteiger partial charge in [-0.15, -0.1) is 12.6 Å². The van der Waals surface area contributed by atoms with Crippen LogP contribution < -0.4 is 0 Å². The molecule has 1 aliphatic heterocycles. The van der Waals surface area contributed by atoms with Crippen LogP contribution in [0, 0.1) is 5.92 Å². The molecule has 1 saturated heterocycles. The minimum absolute atomic E-state index is 0.0727. The molecule has 0 N–H and O–H groups in total. The van der Waals surface area contributed by atoms with Crippen molar-refractivity contribution in [3.63, 3.8) is 0 Å². The molecule has 1 fully saturated rings. The van der Waals surface area contributed by atoms with E-state index in [0.717, 1.165) is 10.5 Å². The molecule has 1 aromatic rings. The molecule has 3 heteroatoms. The summed E-state index contributed by atoms with van der Waals surface area (Å²) in [5.74, 6) is 0.172. The van der Waals surface area contributed by atoms with Crippen LogP contribution in [0.25, 0.3) is 0 Å². The lowest BCUT2D eigenvalue weighted by molar-refractivity contribution is -0.141. The fraction of sp³-hybridized carbons (Fsp3) is 0.364. The minimum atomic E-state index is -0.0996. The summed E-state index contributed by atoms with van der Waals surface area (Å²) in [7, 11) is 0. The van der Waals surface area contributed by atoms with Gasteiger partial charge in [-0.05, 0) is 17.7 Å². The van der Waals surface area contributed by atoms with E-state index in [2.05, 4.69) is 12.6 Å². The lowest BCUT2D eigenvalue weighted by Gasteiger charge is -2.13. The van der Waals surface area contributed by atoms with E-state index in [4.69, 9.17) is 4.74 Å². The van der Waals surface area contributed by atoms with Crippen molar-refractivity contribution in [3.05, 3.63) is 29.8 Å². The van der Waals surface area contributed by atoms with Crippen molar-refractivity contribution in [1.82, 2.24) is 0 Å². The molecule has 2 unspecified atom stereocenters. The van der Waals surface area contributed by atoms with Gasteiger partial charge in [0.15, 0.2) is 0 Å². The highest BCUT2D eigenvalue weighted by Gasteiger charge is 2.32. The predicted molar refractivity (Wildman–Crippen MR) is 56.3 cm³/mol. The second kappa shape index (κ2) is 3.65. The Hall–Kier alpha value is -0.960. The summed E-state index contributed by atoms with van der Waals surface area (Å²) in [6.07, 6.45) is 0.448. The van der Waals surface area contributed by atoms with Crippen molar-refractivity contribution >= 4 is 18.6 Å². The zero-order valence-electron chi connectivity index (χ0n) is 7.93. The van der Waals surface area contributed by atoms with Crippen molar-refractivity contribution in [1.29, 1.82) is 0 Å². The van der Waals surface area contributed by atoms with Gasteiger partial charge in [-0.2, -0.15) is 0 Å². The largest absolute Gasteiger partial charge is 0.457 e. The van der Waals surface area contributed by atoms with Gasteiger partial charge in [-0.1, -0.05) is 19.1 Å². The molecule has 1 heterocycles. The molecule has 0 amide bonds. The highest BCUT2D eigenvalue weighted by atomic mass is 32.1. The Morgan fingerprint density at radius 3 is 2.50 bits per heavy atom. The average Bonchev–Trinajstić information content (AvgIpc) is 2.47. The fourth-order valence-electron chi connectivity index (χ4n) is 1.74. The second-order valence-corrected chi connectivity index (χ2v) is 4.20. The summed E-state index contributed by atoms with van der Waals surface area (Å²) in [6, 6.07) is 7.75. The molecule has 2 atom stereocenters. The molecule has 0 saturated carbocycles. The smallest absolute Gasteiger partial charge is 0.306 e. The van der Waals surface area contributed by atoms with E-state index < -0.39 is 0 Å². The molecule has 0 aliphatic carbocycles. The Labute approximate surface area is 88.7 Å². The molecular formula is C11H12O2S. The van der Waals surface area contributed by atoms with E-state index in [1.807, 2.05) is 31.2 Å². The number of thiol groups is 1. The third-order valence-corrected chi connectivity index (χ3v) is 2.78. The number of carbonyl (C=O) groups is 1. The Kier molecular flexibility index (Phi) is 2.50. The van der Waals surface area contributed by atoms with Crippen molar-refractivity contribution in [2.45, 2.75) is 24.3 Å². The van der Waals surface area contributed by atoms with Gasteiger partial charge in [0.1, 0.15) is 6.10 Å². The third kappa shape index (κ3) is 1.77. The third-order valence-electron chi connectivity index (χ3n) is 2.49. The van der Waals surface area contributed by atoms with Gasteiger partial charge in [0.05, 0.1) is 6.42 Å². The highest BCUT2D eigenvalue weighted by Crippen LogP contribution is 2.34. The maximum Gasteiger partial charge on any atom is 0.306 e. The van der Waals surface area contributed by atoms with Crippen LogP contribution in [0.1, 0.15) is 25.0 Å². The number of carbonyl (C=O) groups excluding carboxylic acids is 1. The Morgan fingerprint density at radius 1 is 1.36 bits per heavy atom. The van der Waals surface area contributed by atoms with E-state index in [9.17, 15) is 4.79 Å². The minimum Gasteiger partial charge on any atom is -0.457 e. The monoisotopic (exact) mass is 208 g/mol. The standard InChI is InChI=1S/C11H12O2S/c1-7-6-10(12)13-11(7)8-2-4-9(14)5-3-8/h2-5,7,11,14H,6H2,1H3. The number of ether oxygens (including phenoxy) is 1. The van der Waals surface area contributed by atoms with Crippen molar-refractivity contribution in [2.75, 3.05) is 0 Å². The molecular weight excluding hydrogens is 196 g/mol. The Morgan fingerprint density at radius 2 is 2.00 bits per heavy atom. The van der Waals surface area contributed by atoms with Gasteiger partial charge in [-0.25, -0.2) is 0 Å². The summed E-state index contributed by atoms with van der Waals surface area (Å²) in [4.78, 5) is 12.0. The summed E-state index contributed by atoms with van der Waals surface area (Å²) in [5, 5.41) is 0. The molecule has 14 heavy (non-hydrogen) atoms. The van der Waals surface area contributed by atoms with Gasteiger partial charge in [0.25, 0.3) is 0 Å². The molecule has 1 aromatic carbocycles. The number of esters is 1. The van der Waals surface area contributed by atoms with E-state index in [-0.39, 0.29) is 18.0 Å². The number of benzene rings is 1. The molecule has 0 aromatic heterocycles. The topological polar surface area (TPSA) is 26.3 Å². The maximum absolute atomic E-state index is 11.1. The first-order chi connectivity index (χ1) is 6.66. The summed E-state index contributed by atoms with van der Waals surface area (Å²) in [6.45, 7) is 2.03. The zero-order valence-corrected chi connectivity index (χ0v) is 8.83. The molecule has 0 spiro atoms. The van der Waals surface area contributed by atoms with Gasteiger partial charge in [0.2, 0.25) is 0 Å². The van der Waals surface area contributed by atoms with Crippen molar-refractivity contribution in [3.8, 4) is 0 Å². The first kappa shape index (κ1) is 9.59. The van der Waals surface area contributed by atoms with Crippen LogP contribution in [0.15, 0.2) is 29.2 Å². The van der Waals surface area contributed by atoms with Crippen LogP contribution in [0.5, 0.6) is 0 Å². The lowest BCUT2D eigenvalue weighted by Crippen LogP contribution is -2.03. The van der Waals surface area contributed by atoms with Crippen molar-refractivity contribution < 1.29 is 9.53 Å². The lowest BCUT2D eigenvalue weighted by atomic mass is 9.97. The first-order valence-corrected chi connectivity index (χ1v) is 5.10. The predicted octanol–water partition coefficient (Wildman–Crippen LogP) is 2.60. The van der Waals surface area contributed by atoms with E-state index in [1.165, 1.54) is 0 Å². The number of rotatable bonds is 1. The zero-order chi connectivity index (χ0) is 10.1. The number of hydrogen-bond acceptors (Lipinski definition) is 3. The SMILES string of the molecule is CC1CC(=O)OC1c1ccc(S)cc1. The second-order valence-electron chi connectivity index (χ2n) is 3.68. The quantitative estimate of drug-likeness (QED) is 0.567. The van der Waals surface area contributed by atoms with E-state index in [1.54, 1.807) is 0 Å².